The minimum absolute atomic E-state index is 0.102. The van der Waals surface area contributed by atoms with Gasteiger partial charge in [-0.1, -0.05) is 24.2 Å². The van der Waals surface area contributed by atoms with Gasteiger partial charge in [-0.05, 0) is 49.7 Å². The summed E-state index contributed by atoms with van der Waals surface area (Å²) in [5.74, 6) is 0.0432. The zero-order chi connectivity index (χ0) is 18.5. The third-order valence-electron chi connectivity index (χ3n) is 3.92. The number of nitrogens with one attached hydrogen (secondary N) is 2. The highest BCUT2D eigenvalue weighted by Gasteiger charge is 2.14. The quantitative estimate of drug-likeness (QED) is 0.709. The van der Waals surface area contributed by atoms with Crippen molar-refractivity contribution in [3.05, 3.63) is 54.3 Å². The third-order valence-corrected chi connectivity index (χ3v) is 3.92. The number of carbonyl (C=O) groups excluding carboxylic acids is 1. The van der Waals surface area contributed by atoms with Gasteiger partial charge in [0.25, 0.3) is 5.89 Å². The SMILES string of the molecule is CC[C@H](C)NC(=O)Nc1ccc(-c2noc(-c3ccccc3F)n2)cc1. The summed E-state index contributed by atoms with van der Waals surface area (Å²) in [6.45, 7) is 3.94. The lowest BCUT2D eigenvalue weighted by atomic mass is 10.2. The minimum atomic E-state index is -0.422. The van der Waals surface area contributed by atoms with E-state index in [0.717, 1.165) is 6.42 Å². The van der Waals surface area contributed by atoms with Crippen LogP contribution in [0, 0.1) is 5.82 Å². The lowest BCUT2D eigenvalue weighted by molar-refractivity contribution is 0.249. The van der Waals surface area contributed by atoms with E-state index in [1.807, 2.05) is 13.8 Å². The van der Waals surface area contributed by atoms with Crippen molar-refractivity contribution in [2.24, 2.45) is 0 Å². The molecule has 0 saturated heterocycles. The number of rotatable bonds is 5. The molecule has 0 aliphatic heterocycles. The van der Waals surface area contributed by atoms with E-state index in [1.165, 1.54) is 6.07 Å². The molecule has 6 nitrogen and oxygen atoms in total. The van der Waals surface area contributed by atoms with Crippen molar-refractivity contribution in [3.8, 4) is 22.8 Å². The first kappa shape index (κ1) is 17.6. The molecule has 1 atom stereocenters. The zero-order valence-corrected chi connectivity index (χ0v) is 14.5. The maximum absolute atomic E-state index is 13.8. The molecule has 3 aromatic rings. The first-order valence-corrected chi connectivity index (χ1v) is 8.33. The number of nitrogens with zero attached hydrogens (tertiary/aromatic N) is 2. The molecule has 0 aliphatic carbocycles. The smallest absolute Gasteiger partial charge is 0.319 e. The topological polar surface area (TPSA) is 80.0 Å². The molecule has 0 fully saturated rings. The van der Waals surface area contributed by atoms with Crippen LogP contribution >= 0.6 is 0 Å². The van der Waals surface area contributed by atoms with Crippen LogP contribution in [-0.4, -0.2) is 22.2 Å². The summed E-state index contributed by atoms with van der Waals surface area (Å²) in [6.07, 6.45) is 0.856. The maximum Gasteiger partial charge on any atom is 0.319 e. The summed E-state index contributed by atoms with van der Waals surface area (Å²) in [4.78, 5) is 16.1. The van der Waals surface area contributed by atoms with Crippen molar-refractivity contribution < 1.29 is 13.7 Å². The van der Waals surface area contributed by atoms with Crippen LogP contribution in [0.25, 0.3) is 22.8 Å². The van der Waals surface area contributed by atoms with Crippen molar-refractivity contribution in [3.63, 3.8) is 0 Å². The number of benzene rings is 2. The fourth-order valence-electron chi connectivity index (χ4n) is 2.28. The Labute approximate surface area is 150 Å². The van der Waals surface area contributed by atoms with Crippen LogP contribution in [0.2, 0.25) is 0 Å². The predicted octanol–water partition coefficient (Wildman–Crippen LogP) is 4.46. The first-order valence-electron chi connectivity index (χ1n) is 8.33. The normalized spacial score (nSPS) is 11.8. The van der Waals surface area contributed by atoms with Gasteiger partial charge in [-0.2, -0.15) is 4.98 Å². The molecule has 2 aromatic carbocycles. The van der Waals surface area contributed by atoms with Gasteiger partial charge in [-0.3, -0.25) is 0 Å². The molecule has 0 bridgehead atoms. The maximum atomic E-state index is 13.8. The number of aromatic nitrogens is 2. The Morgan fingerprint density at radius 3 is 2.62 bits per heavy atom. The van der Waals surface area contributed by atoms with Gasteiger partial charge < -0.3 is 15.2 Å². The number of hydrogen-bond donors (Lipinski definition) is 2. The summed E-state index contributed by atoms with van der Waals surface area (Å²) in [5.41, 5.74) is 1.60. The fourth-order valence-corrected chi connectivity index (χ4v) is 2.28. The highest BCUT2D eigenvalue weighted by Crippen LogP contribution is 2.25. The molecule has 0 saturated carbocycles. The summed E-state index contributed by atoms with van der Waals surface area (Å²) >= 11 is 0. The predicted molar refractivity (Wildman–Crippen MR) is 97.0 cm³/mol. The Morgan fingerprint density at radius 2 is 1.92 bits per heavy atom. The van der Waals surface area contributed by atoms with E-state index >= 15 is 0 Å². The van der Waals surface area contributed by atoms with Gasteiger partial charge >= 0.3 is 6.03 Å². The standard InChI is InChI=1S/C19H19FN4O2/c1-3-12(2)21-19(25)22-14-10-8-13(9-11-14)17-23-18(26-24-17)15-6-4-5-7-16(15)20/h4-12H,3H2,1-2H3,(H2,21,22,25)/t12-/m0/s1. The molecule has 134 valence electrons. The average Bonchev–Trinajstić information content (AvgIpc) is 3.12. The van der Waals surface area contributed by atoms with E-state index in [0.29, 0.717) is 17.1 Å². The highest BCUT2D eigenvalue weighted by molar-refractivity contribution is 5.89. The van der Waals surface area contributed by atoms with Crippen LogP contribution in [-0.2, 0) is 0 Å². The molecule has 1 heterocycles. The molecule has 0 unspecified atom stereocenters. The van der Waals surface area contributed by atoms with Crippen molar-refractivity contribution in [2.75, 3.05) is 5.32 Å². The van der Waals surface area contributed by atoms with Gasteiger partial charge in [0.2, 0.25) is 5.82 Å². The van der Waals surface area contributed by atoms with Crippen LogP contribution in [0.15, 0.2) is 53.1 Å². The lowest BCUT2D eigenvalue weighted by Crippen LogP contribution is -2.35. The van der Waals surface area contributed by atoms with Crippen LogP contribution in [0.1, 0.15) is 20.3 Å². The van der Waals surface area contributed by atoms with Crippen molar-refractivity contribution in [2.45, 2.75) is 26.3 Å². The first-order chi connectivity index (χ1) is 12.6. The van der Waals surface area contributed by atoms with E-state index in [1.54, 1.807) is 42.5 Å². The Balaban J connectivity index is 1.71. The second-order valence-electron chi connectivity index (χ2n) is 5.89. The van der Waals surface area contributed by atoms with Crippen molar-refractivity contribution in [1.82, 2.24) is 15.5 Å². The second-order valence-corrected chi connectivity index (χ2v) is 5.89. The molecule has 0 radical (unpaired) electrons. The molecule has 7 heteroatoms. The van der Waals surface area contributed by atoms with Crippen molar-refractivity contribution in [1.29, 1.82) is 0 Å². The number of amides is 2. The van der Waals surface area contributed by atoms with Crippen molar-refractivity contribution >= 4 is 11.7 Å². The second kappa shape index (κ2) is 7.77. The van der Waals surface area contributed by atoms with Crippen LogP contribution in [0.3, 0.4) is 0 Å². The van der Waals surface area contributed by atoms with Crippen LogP contribution in [0.5, 0.6) is 0 Å². The lowest BCUT2D eigenvalue weighted by Gasteiger charge is -2.12. The van der Waals surface area contributed by atoms with E-state index in [9.17, 15) is 9.18 Å². The molecule has 2 amide bonds. The number of hydrogen-bond acceptors (Lipinski definition) is 4. The monoisotopic (exact) mass is 354 g/mol. The zero-order valence-electron chi connectivity index (χ0n) is 14.5. The van der Waals surface area contributed by atoms with Gasteiger partial charge in [-0.25, -0.2) is 9.18 Å². The number of anilines is 1. The molecule has 3 rings (SSSR count). The molecule has 0 aliphatic rings. The number of urea groups is 1. The highest BCUT2D eigenvalue weighted by atomic mass is 19.1. The Kier molecular flexibility index (Phi) is 5.26. The summed E-state index contributed by atoms with van der Waals surface area (Å²) in [6, 6.07) is 13.1. The summed E-state index contributed by atoms with van der Waals surface area (Å²) < 4.78 is 19.0. The van der Waals surface area contributed by atoms with Crippen LogP contribution < -0.4 is 10.6 Å². The Bertz CT molecular complexity index is 893. The molecular formula is C19H19FN4O2. The number of carbonyl (C=O) groups is 1. The largest absolute Gasteiger partial charge is 0.335 e. The van der Waals surface area contributed by atoms with E-state index < -0.39 is 5.82 Å². The summed E-state index contributed by atoms with van der Waals surface area (Å²) in [5, 5.41) is 9.48. The summed E-state index contributed by atoms with van der Waals surface area (Å²) in [7, 11) is 0. The fraction of sp³-hybridized carbons (Fsp3) is 0.211. The van der Waals surface area contributed by atoms with E-state index in [-0.39, 0.29) is 23.5 Å². The van der Waals surface area contributed by atoms with Gasteiger partial charge in [-0.15, -0.1) is 0 Å². The van der Waals surface area contributed by atoms with Gasteiger partial charge in [0.1, 0.15) is 5.82 Å². The van der Waals surface area contributed by atoms with Gasteiger partial charge in [0, 0.05) is 17.3 Å². The molecular weight excluding hydrogens is 335 g/mol. The minimum Gasteiger partial charge on any atom is -0.335 e. The molecule has 1 aromatic heterocycles. The molecule has 26 heavy (non-hydrogen) atoms. The molecule has 0 spiro atoms. The van der Waals surface area contributed by atoms with Gasteiger partial charge in [0.05, 0.1) is 5.56 Å². The molecule has 2 N–H and O–H groups in total. The van der Waals surface area contributed by atoms with Gasteiger partial charge in [0.15, 0.2) is 0 Å². The number of halogens is 1. The Morgan fingerprint density at radius 1 is 1.19 bits per heavy atom. The third kappa shape index (κ3) is 4.05. The Hall–Kier alpha value is -3.22. The van der Waals surface area contributed by atoms with E-state index in [4.69, 9.17) is 4.52 Å². The van der Waals surface area contributed by atoms with Crippen LogP contribution in [0.4, 0.5) is 14.9 Å². The van der Waals surface area contributed by atoms with E-state index in [2.05, 4.69) is 20.8 Å². The average molecular weight is 354 g/mol.